The molecule has 1 fully saturated rings. The molecule has 5 nitrogen and oxygen atoms in total. The topological polar surface area (TPSA) is 56.8 Å². The van der Waals surface area contributed by atoms with E-state index in [1.807, 2.05) is 42.5 Å². The van der Waals surface area contributed by atoms with Gasteiger partial charge in [-0.2, -0.15) is 0 Å². The second-order valence-corrected chi connectivity index (χ2v) is 7.21. The Balaban J connectivity index is 1.69. The molecule has 29 heavy (non-hydrogen) atoms. The van der Waals surface area contributed by atoms with E-state index < -0.39 is 0 Å². The quantitative estimate of drug-likeness (QED) is 0.556. The van der Waals surface area contributed by atoms with Crippen LogP contribution in [0.4, 0.5) is 5.69 Å². The lowest BCUT2D eigenvalue weighted by atomic mass is 9.97. The number of carbonyl (C=O) groups excluding carboxylic acids is 1. The Morgan fingerprint density at radius 1 is 1.00 bits per heavy atom. The summed E-state index contributed by atoms with van der Waals surface area (Å²) in [5, 5.41) is 5.04. The summed E-state index contributed by atoms with van der Waals surface area (Å²) >= 11 is 0. The zero-order valence-corrected chi connectivity index (χ0v) is 16.7. The van der Waals surface area contributed by atoms with Crippen molar-refractivity contribution in [3.05, 3.63) is 54.6 Å². The van der Waals surface area contributed by atoms with Crippen molar-refractivity contribution in [3.8, 4) is 22.6 Å². The molecule has 0 unspecified atom stereocenters. The second kappa shape index (κ2) is 8.53. The average molecular weight is 391 g/mol. The third kappa shape index (κ3) is 4.35. The number of carbonyl (C=O) groups is 1. The van der Waals surface area contributed by atoms with Crippen LogP contribution in [-0.4, -0.2) is 33.3 Å². The van der Waals surface area contributed by atoms with Crippen molar-refractivity contribution in [1.82, 2.24) is 0 Å². The molecular weight excluding hydrogens is 366 g/mol. The third-order valence-electron chi connectivity index (χ3n) is 5.11. The summed E-state index contributed by atoms with van der Waals surface area (Å²) in [4.78, 5) is 12.1. The maximum Gasteiger partial charge on any atom is 0.227 e. The SMILES string of the molecule is COCCOc1cccc(-c2ccc(OC)c3cc(NC(=O)C4CC4)ccc23)c1. The van der Waals surface area contributed by atoms with Gasteiger partial charge in [-0.25, -0.2) is 0 Å². The minimum atomic E-state index is 0.0976. The molecule has 150 valence electrons. The largest absolute Gasteiger partial charge is 0.496 e. The molecule has 0 aromatic heterocycles. The molecule has 0 saturated heterocycles. The third-order valence-corrected chi connectivity index (χ3v) is 5.11. The predicted molar refractivity (Wildman–Crippen MR) is 115 cm³/mol. The van der Waals surface area contributed by atoms with Crippen LogP contribution in [-0.2, 0) is 9.53 Å². The van der Waals surface area contributed by atoms with Gasteiger partial charge in [-0.1, -0.05) is 24.3 Å². The number of hydrogen-bond acceptors (Lipinski definition) is 4. The Morgan fingerprint density at radius 2 is 1.86 bits per heavy atom. The molecular formula is C24H25NO4. The Labute approximate surface area is 170 Å². The van der Waals surface area contributed by atoms with Crippen molar-refractivity contribution >= 4 is 22.4 Å². The van der Waals surface area contributed by atoms with Crippen molar-refractivity contribution in [2.24, 2.45) is 5.92 Å². The van der Waals surface area contributed by atoms with Gasteiger partial charge in [0.15, 0.2) is 0 Å². The lowest BCUT2D eigenvalue weighted by Crippen LogP contribution is -2.13. The molecule has 0 spiro atoms. The molecule has 1 N–H and O–H groups in total. The van der Waals surface area contributed by atoms with Crippen LogP contribution in [0.2, 0.25) is 0 Å². The smallest absolute Gasteiger partial charge is 0.227 e. The van der Waals surface area contributed by atoms with Crippen LogP contribution in [0.3, 0.4) is 0 Å². The highest BCUT2D eigenvalue weighted by atomic mass is 16.5. The van der Waals surface area contributed by atoms with Crippen molar-refractivity contribution in [3.63, 3.8) is 0 Å². The Kier molecular flexibility index (Phi) is 5.67. The van der Waals surface area contributed by atoms with Crippen molar-refractivity contribution in [2.75, 3.05) is 32.8 Å². The highest BCUT2D eigenvalue weighted by molar-refractivity contribution is 6.03. The van der Waals surface area contributed by atoms with Crippen LogP contribution in [0.25, 0.3) is 21.9 Å². The minimum absolute atomic E-state index is 0.0976. The van der Waals surface area contributed by atoms with Gasteiger partial charge >= 0.3 is 0 Å². The van der Waals surface area contributed by atoms with Crippen LogP contribution in [0.5, 0.6) is 11.5 Å². The fourth-order valence-corrected chi connectivity index (χ4v) is 3.42. The number of nitrogens with one attached hydrogen (secondary N) is 1. The molecule has 3 aromatic rings. The summed E-state index contributed by atoms with van der Waals surface area (Å²) in [5.41, 5.74) is 2.93. The van der Waals surface area contributed by atoms with E-state index in [0.717, 1.165) is 51.9 Å². The lowest BCUT2D eigenvalue weighted by molar-refractivity contribution is -0.117. The predicted octanol–water partition coefficient (Wildman–Crippen LogP) is 4.89. The molecule has 1 aliphatic rings. The van der Waals surface area contributed by atoms with Gasteiger partial charge in [0.1, 0.15) is 18.1 Å². The molecule has 0 aliphatic heterocycles. The molecule has 1 saturated carbocycles. The number of fused-ring (bicyclic) bond motifs is 1. The first-order valence-electron chi connectivity index (χ1n) is 9.83. The second-order valence-electron chi connectivity index (χ2n) is 7.21. The molecule has 3 aromatic carbocycles. The van der Waals surface area contributed by atoms with Gasteiger partial charge in [0, 0.05) is 24.1 Å². The van der Waals surface area contributed by atoms with Gasteiger partial charge in [-0.3, -0.25) is 4.79 Å². The van der Waals surface area contributed by atoms with E-state index in [0.29, 0.717) is 13.2 Å². The fraction of sp³-hybridized carbons (Fsp3) is 0.292. The van der Waals surface area contributed by atoms with E-state index in [4.69, 9.17) is 14.2 Å². The number of ether oxygens (including phenoxy) is 3. The first kappa shape index (κ1) is 19.3. The van der Waals surface area contributed by atoms with Crippen LogP contribution in [0, 0.1) is 5.92 Å². The number of anilines is 1. The summed E-state index contributed by atoms with van der Waals surface area (Å²) in [6, 6.07) is 18.0. The monoisotopic (exact) mass is 391 g/mol. The molecule has 1 aliphatic carbocycles. The normalized spacial score (nSPS) is 13.3. The molecule has 0 radical (unpaired) electrons. The highest BCUT2D eigenvalue weighted by Crippen LogP contribution is 2.37. The van der Waals surface area contributed by atoms with E-state index >= 15 is 0 Å². The Morgan fingerprint density at radius 3 is 2.62 bits per heavy atom. The first-order valence-corrected chi connectivity index (χ1v) is 9.83. The van der Waals surface area contributed by atoms with Gasteiger partial charge in [0.05, 0.1) is 13.7 Å². The number of hydrogen-bond donors (Lipinski definition) is 1. The number of benzene rings is 3. The van der Waals surface area contributed by atoms with E-state index in [1.54, 1.807) is 14.2 Å². The Hall–Kier alpha value is -3.05. The van der Waals surface area contributed by atoms with Gasteiger partial charge < -0.3 is 19.5 Å². The summed E-state index contributed by atoms with van der Waals surface area (Å²) in [6.07, 6.45) is 1.96. The fourth-order valence-electron chi connectivity index (χ4n) is 3.42. The lowest BCUT2D eigenvalue weighted by Gasteiger charge is -2.14. The molecule has 1 amide bonds. The summed E-state index contributed by atoms with van der Waals surface area (Å²) in [5.74, 6) is 1.84. The maximum absolute atomic E-state index is 12.1. The zero-order valence-electron chi connectivity index (χ0n) is 16.7. The highest BCUT2D eigenvalue weighted by Gasteiger charge is 2.29. The first-order chi connectivity index (χ1) is 14.2. The molecule has 0 heterocycles. The molecule has 5 heteroatoms. The van der Waals surface area contributed by atoms with Crippen LogP contribution in [0.15, 0.2) is 54.6 Å². The van der Waals surface area contributed by atoms with E-state index in [-0.39, 0.29) is 11.8 Å². The number of amides is 1. The minimum Gasteiger partial charge on any atom is -0.496 e. The van der Waals surface area contributed by atoms with Gasteiger partial charge in [0.2, 0.25) is 5.91 Å². The van der Waals surface area contributed by atoms with Crippen molar-refractivity contribution in [2.45, 2.75) is 12.8 Å². The average Bonchev–Trinajstić information content (AvgIpc) is 3.59. The van der Waals surface area contributed by atoms with Gasteiger partial charge in [-0.15, -0.1) is 0 Å². The van der Waals surface area contributed by atoms with E-state index in [2.05, 4.69) is 17.4 Å². The van der Waals surface area contributed by atoms with E-state index in [1.165, 1.54) is 0 Å². The maximum atomic E-state index is 12.1. The molecule has 0 atom stereocenters. The standard InChI is InChI=1S/C24H25NO4/c1-27-12-13-29-19-5-3-4-17(14-19)20-10-11-23(28-2)22-15-18(8-9-21(20)22)25-24(26)16-6-7-16/h3-5,8-11,14-16H,6-7,12-13H2,1-2H3,(H,25,26). The number of methoxy groups -OCH3 is 2. The van der Waals surface area contributed by atoms with Crippen molar-refractivity contribution in [1.29, 1.82) is 0 Å². The van der Waals surface area contributed by atoms with Crippen LogP contribution in [0.1, 0.15) is 12.8 Å². The zero-order chi connectivity index (χ0) is 20.2. The van der Waals surface area contributed by atoms with Crippen LogP contribution < -0.4 is 14.8 Å². The Bertz CT molecular complexity index is 1030. The molecule has 0 bridgehead atoms. The summed E-state index contributed by atoms with van der Waals surface area (Å²) < 4.78 is 16.4. The van der Waals surface area contributed by atoms with Gasteiger partial charge in [0.25, 0.3) is 0 Å². The van der Waals surface area contributed by atoms with Crippen LogP contribution >= 0.6 is 0 Å². The summed E-state index contributed by atoms with van der Waals surface area (Å²) in [7, 11) is 3.32. The van der Waals surface area contributed by atoms with Gasteiger partial charge in [-0.05, 0) is 59.7 Å². The molecule has 4 rings (SSSR count). The van der Waals surface area contributed by atoms with E-state index in [9.17, 15) is 4.79 Å². The van der Waals surface area contributed by atoms with Crippen molar-refractivity contribution < 1.29 is 19.0 Å². The summed E-state index contributed by atoms with van der Waals surface area (Å²) in [6.45, 7) is 1.05. The number of rotatable bonds is 8.